The lowest BCUT2D eigenvalue weighted by atomic mass is 10.2. The van der Waals surface area contributed by atoms with Crippen LogP contribution in [0.5, 0.6) is 0 Å². The van der Waals surface area contributed by atoms with E-state index < -0.39 is 0 Å². The predicted octanol–water partition coefficient (Wildman–Crippen LogP) is 0.425. The largest absolute Gasteiger partial charge is 0.379 e. The van der Waals surface area contributed by atoms with Gasteiger partial charge < -0.3 is 15.0 Å². The van der Waals surface area contributed by atoms with E-state index >= 15 is 0 Å². The maximum Gasteiger partial charge on any atom is 0.257 e. The van der Waals surface area contributed by atoms with Crippen molar-refractivity contribution >= 4 is 11.9 Å². The van der Waals surface area contributed by atoms with E-state index in [1.165, 1.54) is 0 Å². The van der Waals surface area contributed by atoms with Gasteiger partial charge in [-0.1, -0.05) is 0 Å². The third kappa shape index (κ3) is 4.37. The van der Waals surface area contributed by atoms with Crippen LogP contribution in [0.2, 0.25) is 0 Å². The highest BCUT2D eigenvalue weighted by Gasteiger charge is 2.31. The molecule has 0 unspecified atom stereocenters. The Morgan fingerprint density at radius 1 is 1.11 bits per heavy atom. The standard InChI is InChI=1S/C18H23N7O2/c26-17(25-4-1-16(13-25)24-5-7-27-8-6-24)14-9-21-18(22-10-14)23-12-15-11-19-2-3-20-15/h2-3,9-11,16H,1,4-8,12-13H2,(H,21,22,23)/t16-/m1/s1. The normalized spacial score (nSPS) is 20.6. The third-order valence-electron chi connectivity index (χ3n) is 4.96. The van der Waals surface area contributed by atoms with Crippen LogP contribution in [0.1, 0.15) is 22.5 Å². The Morgan fingerprint density at radius 2 is 1.93 bits per heavy atom. The Labute approximate surface area is 157 Å². The smallest absolute Gasteiger partial charge is 0.257 e. The Bertz CT molecular complexity index is 750. The molecule has 4 rings (SSSR count). The number of amides is 1. The number of morpholine rings is 1. The van der Waals surface area contributed by atoms with E-state index in [1.807, 2.05) is 4.90 Å². The van der Waals surface area contributed by atoms with Gasteiger partial charge in [-0.3, -0.25) is 19.7 Å². The van der Waals surface area contributed by atoms with Crippen molar-refractivity contribution in [1.82, 2.24) is 29.7 Å². The predicted molar refractivity (Wildman–Crippen MR) is 98.1 cm³/mol. The summed E-state index contributed by atoms with van der Waals surface area (Å²) in [5.74, 6) is 0.455. The maximum absolute atomic E-state index is 12.7. The van der Waals surface area contributed by atoms with E-state index in [0.717, 1.165) is 51.5 Å². The number of hydrogen-bond donors (Lipinski definition) is 1. The van der Waals surface area contributed by atoms with Gasteiger partial charge in [-0.05, 0) is 6.42 Å². The fourth-order valence-electron chi connectivity index (χ4n) is 3.47. The number of ether oxygens (including phenoxy) is 1. The van der Waals surface area contributed by atoms with Crippen molar-refractivity contribution < 1.29 is 9.53 Å². The van der Waals surface area contributed by atoms with Crippen molar-refractivity contribution in [3.8, 4) is 0 Å². The maximum atomic E-state index is 12.7. The molecule has 2 aromatic rings. The zero-order valence-electron chi connectivity index (χ0n) is 15.1. The van der Waals surface area contributed by atoms with Crippen molar-refractivity contribution in [1.29, 1.82) is 0 Å². The number of nitrogens with one attached hydrogen (secondary N) is 1. The van der Waals surface area contributed by atoms with Gasteiger partial charge in [0.25, 0.3) is 5.91 Å². The van der Waals surface area contributed by atoms with Crippen LogP contribution >= 0.6 is 0 Å². The monoisotopic (exact) mass is 369 g/mol. The number of rotatable bonds is 5. The molecule has 0 bridgehead atoms. The molecule has 9 heteroatoms. The molecule has 2 aliphatic heterocycles. The minimum atomic E-state index is -0.00812. The summed E-state index contributed by atoms with van der Waals surface area (Å²) >= 11 is 0. The molecular formula is C18H23N7O2. The minimum Gasteiger partial charge on any atom is -0.379 e. The Balaban J connectivity index is 1.31. The van der Waals surface area contributed by atoms with Crippen LogP contribution in [0, 0.1) is 0 Å². The Kier molecular flexibility index (Phi) is 5.50. The van der Waals surface area contributed by atoms with Gasteiger partial charge in [0.2, 0.25) is 5.95 Å². The minimum absolute atomic E-state index is 0.00812. The number of aromatic nitrogens is 4. The lowest BCUT2D eigenvalue weighted by Gasteiger charge is -2.32. The van der Waals surface area contributed by atoms with Crippen molar-refractivity contribution in [2.24, 2.45) is 0 Å². The SMILES string of the molecule is O=C(c1cnc(NCc2cnccn2)nc1)N1CC[C@@H](N2CCOCC2)C1. The average molecular weight is 369 g/mol. The van der Waals surface area contributed by atoms with Crippen LogP contribution in [-0.2, 0) is 11.3 Å². The number of carbonyl (C=O) groups excluding carboxylic acids is 1. The van der Waals surface area contributed by atoms with E-state index in [1.54, 1.807) is 31.0 Å². The quantitative estimate of drug-likeness (QED) is 0.810. The highest BCUT2D eigenvalue weighted by atomic mass is 16.5. The summed E-state index contributed by atoms with van der Waals surface area (Å²) in [5.41, 5.74) is 1.31. The first-order chi connectivity index (χ1) is 13.3. The molecule has 2 saturated heterocycles. The van der Waals surface area contributed by atoms with Gasteiger partial charge >= 0.3 is 0 Å². The molecule has 0 saturated carbocycles. The van der Waals surface area contributed by atoms with Crippen LogP contribution in [0.25, 0.3) is 0 Å². The second-order valence-corrected chi connectivity index (χ2v) is 6.69. The Hall–Kier alpha value is -2.65. The van der Waals surface area contributed by atoms with E-state index in [2.05, 4.69) is 30.2 Å². The molecule has 0 radical (unpaired) electrons. The van der Waals surface area contributed by atoms with Gasteiger partial charge in [-0.15, -0.1) is 0 Å². The molecule has 142 valence electrons. The molecule has 0 spiro atoms. The van der Waals surface area contributed by atoms with Crippen LogP contribution < -0.4 is 5.32 Å². The number of anilines is 1. The third-order valence-corrected chi connectivity index (χ3v) is 4.96. The zero-order chi connectivity index (χ0) is 18.5. The lowest BCUT2D eigenvalue weighted by Crippen LogP contribution is -2.45. The highest BCUT2D eigenvalue weighted by molar-refractivity contribution is 5.93. The second kappa shape index (κ2) is 8.36. The molecule has 1 N–H and O–H groups in total. The highest BCUT2D eigenvalue weighted by Crippen LogP contribution is 2.19. The van der Waals surface area contributed by atoms with Crippen LogP contribution in [-0.4, -0.2) is 81.1 Å². The summed E-state index contributed by atoms with van der Waals surface area (Å²) in [6.45, 7) is 5.46. The number of carbonyl (C=O) groups is 1. The molecule has 0 aromatic carbocycles. The molecular weight excluding hydrogens is 346 g/mol. The fraction of sp³-hybridized carbons (Fsp3) is 0.500. The summed E-state index contributed by atoms with van der Waals surface area (Å²) in [4.78, 5) is 33.7. The van der Waals surface area contributed by atoms with E-state index in [9.17, 15) is 4.79 Å². The summed E-state index contributed by atoms with van der Waals surface area (Å²) in [5, 5.41) is 3.08. The van der Waals surface area contributed by atoms with Gasteiger partial charge in [0, 0.05) is 57.0 Å². The van der Waals surface area contributed by atoms with Crippen LogP contribution in [0.15, 0.2) is 31.0 Å². The fourth-order valence-corrected chi connectivity index (χ4v) is 3.47. The molecule has 2 aromatic heterocycles. The summed E-state index contributed by atoms with van der Waals surface area (Å²) in [6.07, 6.45) is 9.11. The van der Waals surface area contributed by atoms with E-state index in [0.29, 0.717) is 24.1 Å². The molecule has 1 amide bonds. The number of likely N-dealkylation sites (tertiary alicyclic amines) is 1. The van der Waals surface area contributed by atoms with Crippen molar-refractivity contribution in [2.75, 3.05) is 44.7 Å². The molecule has 9 nitrogen and oxygen atoms in total. The van der Waals surface area contributed by atoms with Gasteiger partial charge in [0.05, 0.1) is 37.2 Å². The first kappa shape index (κ1) is 17.7. The second-order valence-electron chi connectivity index (χ2n) is 6.69. The van der Waals surface area contributed by atoms with Gasteiger partial charge in [0.1, 0.15) is 0 Å². The molecule has 0 aliphatic carbocycles. The van der Waals surface area contributed by atoms with Gasteiger partial charge in [0.15, 0.2) is 0 Å². The average Bonchev–Trinajstić information content (AvgIpc) is 3.24. The van der Waals surface area contributed by atoms with E-state index in [-0.39, 0.29) is 5.91 Å². The van der Waals surface area contributed by atoms with Crippen molar-refractivity contribution in [2.45, 2.75) is 19.0 Å². The van der Waals surface area contributed by atoms with Crippen LogP contribution in [0.4, 0.5) is 5.95 Å². The topological polar surface area (TPSA) is 96.4 Å². The molecule has 4 heterocycles. The summed E-state index contributed by atoms with van der Waals surface area (Å²) < 4.78 is 5.41. The van der Waals surface area contributed by atoms with E-state index in [4.69, 9.17) is 4.74 Å². The Morgan fingerprint density at radius 3 is 2.67 bits per heavy atom. The summed E-state index contributed by atoms with van der Waals surface area (Å²) in [7, 11) is 0. The molecule has 27 heavy (non-hydrogen) atoms. The lowest BCUT2D eigenvalue weighted by molar-refractivity contribution is 0.0185. The van der Waals surface area contributed by atoms with Crippen LogP contribution in [0.3, 0.4) is 0 Å². The first-order valence-electron chi connectivity index (χ1n) is 9.21. The first-order valence-corrected chi connectivity index (χ1v) is 9.21. The molecule has 1 atom stereocenters. The molecule has 2 aliphatic rings. The summed E-state index contributed by atoms with van der Waals surface area (Å²) in [6, 6.07) is 0.423. The number of hydrogen-bond acceptors (Lipinski definition) is 8. The molecule has 2 fully saturated rings. The van der Waals surface area contributed by atoms with Crippen molar-refractivity contribution in [3.05, 3.63) is 42.2 Å². The van der Waals surface area contributed by atoms with Gasteiger partial charge in [-0.2, -0.15) is 0 Å². The van der Waals surface area contributed by atoms with Gasteiger partial charge in [-0.25, -0.2) is 9.97 Å². The van der Waals surface area contributed by atoms with Crippen molar-refractivity contribution in [3.63, 3.8) is 0 Å². The number of nitrogens with zero attached hydrogens (tertiary/aromatic N) is 6. The zero-order valence-corrected chi connectivity index (χ0v) is 15.1.